The first kappa shape index (κ1) is 35.0. The van der Waals surface area contributed by atoms with E-state index in [9.17, 15) is 19.1 Å². The topological polar surface area (TPSA) is 88.5 Å². The quantitative estimate of drug-likeness (QED) is 0.207. The van der Waals surface area contributed by atoms with E-state index in [0.29, 0.717) is 22.7 Å². The maximum atomic E-state index is 14.4. The number of thioether (sulfide) groups is 1. The van der Waals surface area contributed by atoms with Gasteiger partial charge in [0.25, 0.3) is 11.8 Å². The van der Waals surface area contributed by atoms with E-state index < -0.39 is 17.8 Å². The summed E-state index contributed by atoms with van der Waals surface area (Å²) in [5.74, 6) is -0.999. The maximum Gasteiger partial charge on any atom is 0.255 e. The van der Waals surface area contributed by atoms with Crippen molar-refractivity contribution in [1.82, 2.24) is 15.1 Å². The highest BCUT2D eigenvalue weighted by Crippen LogP contribution is 2.37. The van der Waals surface area contributed by atoms with Crippen molar-refractivity contribution >= 4 is 34.4 Å². The zero-order valence-corrected chi connectivity index (χ0v) is 29.7. The Bertz CT molecular complexity index is 1680. The minimum Gasteiger partial charge on any atom is -0.508 e. The van der Waals surface area contributed by atoms with Gasteiger partial charge in [0.15, 0.2) is 5.17 Å². The third kappa shape index (κ3) is 8.65. The molecule has 3 heterocycles. The Kier molecular flexibility index (Phi) is 10.9. The molecule has 0 bridgehead atoms. The highest BCUT2D eigenvalue weighted by molar-refractivity contribution is 8.14. The largest absolute Gasteiger partial charge is 0.508 e. The second-order valence-electron chi connectivity index (χ2n) is 14.5. The molecule has 2 N–H and O–H groups in total. The van der Waals surface area contributed by atoms with Crippen molar-refractivity contribution in [2.45, 2.75) is 65.5 Å². The van der Waals surface area contributed by atoms with Crippen molar-refractivity contribution in [1.29, 1.82) is 0 Å². The summed E-state index contributed by atoms with van der Waals surface area (Å²) in [4.78, 5) is 38.2. The summed E-state index contributed by atoms with van der Waals surface area (Å²) >= 11 is 1.41. The summed E-state index contributed by atoms with van der Waals surface area (Å²) in [5.41, 5.74) is 4.83. The minimum absolute atomic E-state index is 0.0329. The summed E-state index contributed by atoms with van der Waals surface area (Å²) in [6, 6.07) is 16.5. The molecule has 8 nitrogen and oxygen atoms in total. The van der Waals surface area contributed by atoms with Crippen LogP contribution in [-0.4, -0.2) is 76.9 Å². The van der Waals surface area contributed by atoms with Gasteiger partial charge in [-0.25, -0.2) is 4.39 Å². The number of nitrogens with one attached hydrogen (secondary N) is 1. The van der Waals surface area contributed by atoms with Crippen LogP contribution in [-0.2, 0) is 11.3 Å². The van der Waals surface area contributed by atoms with E-state index in [0.717, 1.165) is 60.8 Å². The normalized spacial score (nSPS) is 17.3. The van der Waals surface area contributed by atoms with Crippen LogP contribution < -0.4 is 10.2 Å². The van der Waals surface area contributed by atoms with Gasteiger partial charge in [0.1, 0.15) is 17.6 Å². The predicted molar refractivity (Wildman–Crippen MR) is 197 cm³/mol. The Morgan fingerprint density at radius 2 is 1.69 bits per heavy atom. The van der Waals surface area contributed by atoms with Crippen LogP contribution in [0.4, 0.5) is 10.1 Å². The van der Waals surface area contributed by atoms with Crippen LogP contribution in [0.5, 0.6) is 5.75 Å². The number of aliphatic imine (C=N–C) groups is 1. The van der Waals surface area contributed by atoms with Crippen LogP contribution in [0.1, 0.15) is 80.4 Å². The number of aromatic hydroxyl groups is 1. The lowest BCUT2D eigenvalue weighted by molar-refractivity contribution is -0.124. The lowest BCUT2D eigenvalue weighted by Crippen LogP contribution is -2.46. The summed E-state index contributed by atoms with van der Waals surface area (Å²) in [6.07, 6.45) is 6.54. The van der Waals surface area contributed by atoms with Gasteiger partial charge in [0.2, 0.25) is 0 Å². The minimum atomic E-state index is -1.24. The van der Waals surface area contributed by atoms with E-state index >= 15 is 0 Å². The van der Waals surface area contributed by atoms with Crippen molar-refractivity contribution in [3.63, 3.8) is 0 Å². The Morgan fingerprint density at radius 3 is 2.41 bits per heavy atom. The molecule has 1 atom stereocenters. The van der Waals surface area contributed by atoms with E-state index in [-0.39, 0.29) is 23.8 Å². The molecule has 0 saturated carbocycles. The molecule has 3 aliphatic heterocycles. The number of nitrogens with zero attached hydrogens (tertiary/aromatic N) is 4. The second-order valence-corrected chi connectivity index (χ2v) is 15.6. The second kappa shape index (κ2) is 15.3. The van der Waals surface area contributed by atoms with Crippen LogP contribution >= 0.6 is 11.8 Å². The zero-order valence-electron chi connectivity index (χ0n) is 28.9. The number of carbonyl (C=O) groups excluding carboxylic acids is 2. The SMILES string of the molecule is CC(C)(C)CCCCCCN1CCN(c2ccc(-c3ccc4c(c3)C(=O)N(C(C(=O)NC3=NCCS3)c3cc(F)ccc3O)C4)cc2)CC1. The van der Waals surface area contributed by atoms with Gasteiger partial charge < -0.3 is 20.2 Å². The predicted octanol–water partition coefficient (Wildman–Crippen LogP) is 7.23. The molecule has 0 aliphatic carbocycles. The third-order valence-corrected chi connectivity index (χ3v) is 10.6. The van der Waals surface area contributed by atoms with Crippen LogP contribution in [0, 0.1) is 11.2 Å². The number of anilines is 1. The number of hydrogen-bond acceptors (Lipinski definition) is 7. The number of carbonyl (C=O) groups is 2. The number of phenols is 1. The fourth-order valence-electron chi connectivity index (χ4n) is 6.93. The van der Waals surface area contributed by atoms with E-state index in [1.54, 1.807) is 0 Å². The molecule has 3 aromatic rings. The average molecular weight is 686 g/mol. The summed E-state index contributed by atoms with van der Waals surface area (Å²) < 4.78 is 14.4. The van der Waals surface area contributed by atoms with Gasteiger partial charge in [0, 0.05) is 55.3 Å². The summed E-state index contributed by atoms with van der Waals surface area (Å²) in [5, 5.41) is 13.9. The number of amidine groups is 1. The molecular weight excluding hydrogens is 638 g/mol. The molecule has 49 heavy (non-hydrogen) atoms. The number of phenolic OH excluding ortho intramolecular Hbond substituents is 1. The summed E-state index contributed by atoms with van der Waals surface area (Å²) in [6.45, 7) is 13.1. The van der Waals surface area contributed by atoms with Crippen LogP contribution in [0.15, 0.2) is 65.7 Å². The number of amides is 2. The molecule has 3 aliphatic rings. The Morgan fingerprint density at radius 1 is 0.959 bits per heavy atom. The monoisotopic (exact) mass is 685 g/mol. The van der Waals surface area contributed by atoms with Crippen molar-refractivity contribution in [3.05, 3.63) is 83.2 Å². The molecule has 0 radical (unpaired) electrons. The number of hydrogen-bond donors (Lipinski definition) is 2. The zero-order chi connectivity index (χ0) is 34.5. The molecule has 0 spiro atoms. The van der Waals surface area contributed by atoms with Gasteiger partial charge >= 0.3 is 0 Å². The molecule has 260 valence electrons. The van der Waals surface area contributed by atoms with Gasteiger partial charge in [-0.1, -0.05) is 76.1 Å². The highest BCUT2D eigenvalue weighted by Gasteiger charge is 2.39. The Hall–Kier alpha value is -3.89. The molecule has 1 saturated heterocycles. The fourth-order valence-corrected chi connectivity index (χ4v) is 7.66. The van der Waals surface area contributed by atoms with Crippen molar-refractivity contribution < 1.29 is 19.1 Å². The molecule has 1 fully saturated rings. The molecule has 1 unspecified atom stereocenters. The van der Waals surface area contributed by atoms with E-state index in [2.05, 4.69) is 65.1 Å². The number of benzene rings is 3. The van der Waals surface area contributed by atoms with E-state index in [1.807, 2.05) is 18.2 Å². The van der Waals surface area contributed by atoms with Gasteiger partial charge in [-0.05, 0) is 77.9 Å². The number of unbranched alkanes of at least 4 members (excludes halogenated alkanes) is 3. The standard InChI is InChI=1S/C39H48FN5O3S/c1-39(2,3)16-6-4-5-7-18-43-19-21-44(22-20-43)31-13-10-27(11-14-31)28-8-9-29-26-45(37(48)32(29)24-28)35(33-25-30(40)12-15-34(33)46)36(47)42-38-41-17-23-49-38/h8-15,24-25,35,46H,4-7,16-23,26H2,1-3H3,(H,41,42,47). The fraction of sp³-hybridized carbons (Fsp3) is 0.462. The van der Waals surface area contributed by atoms with Crippen LogP contribution in [0.3, 0.4) is 0 Å². The molecule has 6 rings (SSSR count). The molecule has 10 heteroatoms. The average Bonchev–Trinajstić information content (AvgIpc) is 3.71. The van der Waals surface area contributed by atoms with Crippen molar-refractivity contribution in [2.24, 2.45) is 10.4 Å². The number of halogens is 1. The van der Waals surface area contributed by atoms with Gasteiger partial charge in [0.05, 0.1) is 6.54 Å². The van der Waals surface area contributed by atoms with Gasteiger partial charge in [-0.3, -0.25) is 19.5 Å². The summed E-state index contributed by atoms with van der Waals surface area (Å²) in [7, 11) is 0. The maximum absolute atomic E-state index is 14.4. The Labute approximate surface area is 293 Å². The first-order chi connectivity index (χ1) is 23.6. The van der Waals surface area contributed by atoms with Crippen LogP contribution in [0.25, 0.3) is 11.1 Å². The molecular formula is C39H48FN5O3S. The van der Waals surface area contributed by atoms with Crippen LogP contribution in [0.2, 0.25) is 0 Å². The molecule has 2 amide bonds. The van der Waals surface area contributed by atoms with E-state index in [1.165, 1.54) is 67.1 Å². The molecule has 0 aromatic heterocycles. The lowest BCUT2D eigenvalue weighted by atomic mass is 9.89. The first-order valence-electron chi connectivity index (χ1n) is 17.5. The van der Waals surface area contributed by atoms with Gasteiger partial charge in [-0.2, -0.15) is 0 Å². The molecule has 3 aromatic carbocycles. The van der Waals surface area contributed by atoms with E-state index in [4.69, 9.17) is 0 Å². The highest BCUT2D eigenvalue weighted by atomic mass is 32.2. The van der Waals surface area contributed by atoms with Gasteiger partial charge in [-0.15, -0.1) is 0 Å². The number of fused-ring (bicyclic) bond motifs is 1. The van der Waals surface area contributed by atoms with Crippen molar-refractivity contribution in [3.8, 4) is 16.9 Å². The lowest BCUT2D eigenvalue weighted by Gasteiger charge is -2.36. The Balaban J connectivity index is 1.08. The smallest absolute Gasteiger partial charge is 0.255 e. The third-order valence-electron chi connectivity index (χ3n) is 9.69. The number of rotatable bonds is 11. The van der Waals surface area contributed by atoms with Crippen molar-refractivity contribution in [2.75, 3.05) is 49.9 Å². The first-order valence-corrected chi connectivity index (χ1v) is 18.5. The number of piperazine rings is 1.